The molecule has 18 heavy (non-hydrogen) atoms. The summed E-state index contributed by atoms with van der Waals surface area (Å²) in [5.74, 6) is 1.00. The van der Waals surface area contributed by atoms with Crippen LogP contribution < -0.4 is 10.1 Å². The van der Waals surface area contributed by atoms with Gasteiger partial charge < -0.3 is 19.7 Å². The van der Waals surface area contributed by atoms with Crippen molar-refractivity contribution in [2.75, 3.05) is 13.2 Å². The number of hydrogen-bond donors (Lipinski definition) is 2. The molecule has 0 fully saturated rings. The largest absolute Gasteiger partial charge is 0.494 e. The summed E-state index contributed by atoms with van der Waals surface area (Å²) in [5.41, 5.74) is 1.07. The molecule has 5 heteroatoms. The first kappa shape index (κ1) is 11.7. The molecule has 0 unspecified atom stereocenters. The number of nitrogens with zero attached hydrogens (tertiary/aromatic N) is 1. The molecule has 4 nitrogen and oxygen atoms in total. The van der Waals surface area contributed by atoms with Crippen LogP contribution in [0.25, 0.3) is 10.8 Å². The maximum absolute atomic E-state index is 10.2. The number of halogens is 1. The maximum atomic E-state index is 10.2. The molecule has 1 aliphatic heterocycles. The molecule has 2 heterocycles. The van der Waals surface area contributed by atoms with Crippen molar-refractivity contribution in [1.29, 1.82) is 0 Å². The Labute approximate surface area is 110 Å². The lowest BCUT2D eigenvalue weighted by molar-refractivity contribution is 0.340. The number of ether oxygens (including phenoxy) is 1. The Morgan fingerprint density at radius 2 is 2.33 bits per heavy atom. The summed E-state index contributed by atoms with van der Waals surface area (Å²) in [4.78, 5) is 0. The molecule has 0 atom stereocenters. The lowest BCUT2D eigenvalue weighted by Crippen LogP contribution is -2.27. The van der Waals surface area contributed by atoms with Gasteiger partial charge in [0, 0.05) is 30.7 Å². The van der Waals surface area contributed by atoms with E-state index in [-0.39, 0.29) is 5.88 Å². The van der Waals surface area contributed by atoms with E-state index in [4.69, 9.17) is 16.3 Å². The zero-order chi connectivity index (χ0) is 12.7. The van der Waals surface area contributed by atoms with Crippen molar-refractivity contribution in [1.82, 2.24) is 9.88 Å². The standard InChI is InChI=1S/C13H15ClN2O2/c1-2-18-8-5-9-11-7-15-3-4-16(11)13(17)12(9)10(14)6-8/h5-6,15,17H,2-4,7H2,1H3. The van der Waals surface area contributed by atoms with Gasteiger partial charge >= 0.3 is 0 Å². The summed E-state index contributed by atoms with van der Waals surface area (Å²) in [5, 5.41) is 15.8. The Bertz CT molecular complexity index is 607. The van der Waals surface area contributed by atoms with Crippen LogP contribution in [0.4, 0.5) is 0 Å². The lowest BCUT2D eigenvalue weighted by atomic mass is 10.1. The van der Waals surface area contributed by atoms with Crippen LogP contribution in [-0.2, 0) is 13.1 Å². The Hall–Kier alpha value is -1.39. The second-order valence-electron chi connectivity index (χ2n) is 4.36. The molecule has 0 aliphatic carbocycles. The number of aromatic nitrogens is 1. The molecule has 1 aliphatic rings. The third-order valence-corrected chi connectivity index (χ3v) is 3.59. The van der Waals surface area contributed by atoms with Gasteiger partial charge in [0.05, 0.1) is 17.0 Å². The first-order valence-electron chi connectivity index (χ1n) is 6.09. The second-order valence-corrected chi connectivity index (χ2v) is 4.77. The summed E-state index contributed by atoms with van der Waals surface area (Å²) >= 11 is 6.25. The van der Waals surface area contributed by atoms with Gasteiger partial charge in [0.2, 0.25) is 5.88 Å². The highest BCUT2D eigenvalue weighted by Gasteiger charge is 2.21. The van der Waals surface area contributed by atoms with Gasteiger partial charge in [0.1, 0.15) is 5.75 Å². The second kappa shape index (κ2) is 4.37. The summed E-state index contributed by atoms with van der Waals surface area (Å²) in [6.45, 7) is 4.89. The van der Waals surface area contributed by atoms with E-state index in [1.807, 2.05) is 17.6 Å². The van der Waals surface area contributed by atoms with Crippen LogP contribution in [0.5, 0.6) is 11.6 Å². The van der Waals surface area contributed by atoms with Crippen molar-refractivity contribution in [3.8, 4) is 11.6 Å². The Balaban J connectivity index is 2.28. The van der Waals surface area contributed by atoms with Crippen molar-refractivity contribution in [3.05, 3.63) is 22.8 Å². The number of benzene rings is 1. The molecular weight excluding hydrogens is 252 g/mol. The summed E-state index contributed by atoms with van der Waals surface area (Å²) < 4.78 is 7.42. The lowest BCUT2D eigenvalue weighted by Gasteiger charge is -2.17. The Kier molecular flexibility index (Phi) is 2.84. The summed E-state index contributed by atoms with van der Waals surface area (Å²) in [6.07, 6.45) is 0. The van der Waals surface area contributed by atoms with E-state index in [0.29, 0.717) is 11.6 Å². The van der Waals surface area contributed by atoms with Crippen molar-refractivity contribution in [2.24, 2.45) is 0 Å². The average molecular weight is 267 g/mol. The highest BCUT2D eigenvalue weighted by atomic mass is 35.5. The van der Waals surface area contributed by atoms with E-state index in [0.717, 1.165) is 41.9 Å². The van der Waals surface area contributed by atoms with Crippen molar-refractivity contribution < 1.29 is 9.84 Å². The molecule has 2 N–H and O–H groups in total. The minimum Gasteiger partial charge on any atom is -0.494 e. The van der Waals surface area contributed by atoms with E-state index in [1.54, 1.807) is 6.07 Å². The minimum atomic E-state index is 0.259. The van der Waals surface area contributed by atoms with Crippen LogP contribution in [-0.4, -0.2) is 22.8 Å². The fourth-order valence-electron chi connectivity index (χ4n) is 2.52. The zero-order valence-electron chi connectivity index (χ0n) is 10.2. The number of aromatic hydroxyl groups is 1. The van der Waals surface area contributed by atoms with Gasteiger partial charge in [-0.1, -0.05) is 11.6 Å². The minimum absolute atomic E-state index is 0.259. The maximum Gasteiger partial charge on any atom is 0.200 e. The molecule has 0 spiro atoms. The monoisotopic (exact) mass is 266 g/mol. The molecule has 1 aromatic heterocycles. The topological polar surface area (TPSA) is 46.4 Å². The smallest absolute Gasteiger partial charge is 0.200 e. The summed E-state index contributed by atoms with van der Waals surface area (Å²) in [7, 11) is 0. The predicted molar refractivity (Wildman–Crippen MR) is 71.5 cm³/mol. The zero-order valence-corrected chi connectivity index (χ0v) is 10.9. The van der Waals surface area contributed by atoms with Crippen molar-refractivity contribution >= 4 is 22.4 Å². The SMILES string of the molecule is CCOc1cc(Cl)c2c(O)n3c(c2c1)CNCC3. The van der Waals surface area contributed by atoms with Gasteiger partial charge in [-0.25, -0.2) is 0 Å². The normalized spacial score (nSPS) is 14.8. The van der Waals surface area contributed by atoms with Crippen LogP contribution in [0.2, 0.25) is 5.02 Å². The fourth-order valence-corrected chi connectivity index (χ4v) is 2.82. The van der Waals surface area contributed by atoms with Crippen LogP contribution >= 0.6 is 11.6 Å². The van der Waals surface area contributed by atoms with Gasteiger partial charge in [0.25, 0.3) is 0 Å². The highest BCUT2D eigenvalue weighted by molar-refractivity contribution is 6.36. The molecule has 2 aromatic rings. The first-order valence-corrected chi connectivity index (χ1v) is 6.47. The van der Waals surface area contributed by atoms with Crippen LogP contribution in [0.3, 0.4) is 0 Å². The molecule has 0 radical (unpaired) electrons. The van der Waals surface area contributed by atoms with E-state index in [2.05, 4.69) is 5.32 Å². The third kappa shape index (κ3) is 1.64. The predicted octanol–water partition coefficient (Wildman–Crippen LogP) is 2.50. The van der Waals surface area contributed by atoms with Gasteiger partial charge in [0.15, 0.2) is 0 Å². The van der Waals surface area contributed by atoms with E-state index >= 15 is 0 Å². The number of rotatable bonds is 2. The molecule has 0 saturated carbocycles. The molecular formula is C13H15ClN2O2. The van der Waals surface area contributed by atoms with Crippen LogP contribution in [0.15, 0.2) is 12.1 Å². The first-order chi connectivity index (χ1) is 8.72. The van der Waals surface area contributed by atoms with E-state index in [9.17, 15) is 5.11 Å². The number of fused-ring (bicyclic) bond motifs is 3. The van der Waals surface area contributed by atoms with Crippen molar-refractivity contribution in [3.63, 3.8) is 0 Å². The number of hydrogen-bond acceptors (Lipinski definition) is 3. The number of nitrogens with one attached hydrogen (secondary N) is 1. The molecule has 0 saturated heterocycles. The highest BCUT2D eigenvalue weighted by Crippen LogP contribution is 2.40. The van der Waals surface area contributed by atoms with E-state index < -0.39 is 0 Å². The van der Waals surface area contributed by atoms with Gasteiger partial charge in [-0.3, -0.25) is 0 Å². The Morgan fingerprint density at radius 1 is 1.50 bits per heavy atom. The molecule has 0 bridgehead atoms. The van der Waals surface area contributed by atoms with Gasteiger partial charge in [-0.2, -0.15) is 0 Å². The summed E-state index contributed by atoms with van der Waals surface area (Å²) in [6, 6.07) is 3.70. The van der Waals surface area contributed by atoms with Gasteiger partial charge in [-0.05, 0) is 19.1 Å². The van der Waals surface area contributed by atoms with E-state index in [1.165, 1.54) is 0 Å². The Morgan fingerprint density at radius 3 is 3.11 bits per heavy atom. The van der Waals surface area contributed by atoms with Crippen molar-refractivity contribution in [2.45, 2.75) is 20.0 Å². The average Bonchev–Trinajstić information content (AvgIpc) is 2.65. The van der Waals surface area contributed by atoms with Gasteiger partial charge in [-0.15, -0.1) is 0 Å². The quantitative estimate of drug-likeness (QED) is 0.878. The molecule has 3 rings (SSSR count). The fraction of sp³-hybridized carbons (Fsp3) is 0.385. The molecule has 0 amide bonds. The molecule has 96 valence electrons. The van der Waals surface area contributed by atoms with Crippen LogP contribution in [0.1, 0.15) is 12.6 Å². The third-order valence-electron chi connectivity index (χ3n) is 3.30. The van der Waals surface area contributed by atoms with Crippen LogP contribution in [0, 0.1) is 0 Å². The molecule has 1 aromatic carbocycles.